The number of hydrogen-bond acceptors (Lipinski definition) is 6. The van der Waals surface area contributed by atoms with E-state index < -0.39 is 12.0 Å². The molecule has 1 N–H and O–H groups in total. The molecule has 0 bridgehead atoms. The second-order valence-electron chi connectivity index (χ2n) is 8.15. The average molecular weight is 434 g/mol. The van der Waals surface area contributed by atoms with E-state index in [1.54, 1.807) is 13.2 Å². The summed E-state index contributed by atoms with van der Waals surface area (Å²) in [5, 5.41) is 7.88. The molecule has 1 aliphatic rings. The highest BCUT2D eigenvalue weighted by molar-refractivity contribution is 6.07. The standard InChI is InChI=1S/C24H26N4O4/c1-6-28-12-18-14(4)9-15(10-20(18)27-28)19-8-7-16(23(25-19)31-5)17(13(2)3)11-21-22(29)26-24(30)32-21/h7-13,17H,6H2,1-5H3,(H,26,29,30). The number of allylic oxidation sites excluding steroid dienone is 1. The Bertz CT molecular complexity index is 1240. The van der Waals surface area contributed by atoms with Crippen molar-refractivity contribution in [3.8, 4) is 17.1 Å². The number of hydrogen-bond donors (Lipinski definition) is 1. The minimum Gasteiger partial charge on any atom is -0.481 e. The maximum absolute atomic E-state index is 12.0. The van der Waals surface area contributed by atoms with Crippen molar-refractivity contribution in [2.45, 2.75) is 40.2 Å². The van der Waals surface area contributed by atoms with E-state index in [1.807, 2.05) is 36.7 Å². The number of carbonyl (C=O) groups is 2. The van der Waals surface area contributed by atoms with Crippen LogP contribution in [0, 0.1) is 12.8 Å². The molecule has 1 saturated heterocycles. The number of alkyl carbamates (subject to hydrolysis) is 1. The number of ether oxygens (including phenoxy) is 2. The summed E-state index contributed by atoms with van der Waals surface area (Å²) in [6.45, 7) is 8.97. The van der Waals surface area contributed by atoms with Crippen molar-refractivity contribution in [2.24, 2.45) is 5.92 Å². The number of aromatic nitrogens is 3. The van der Waals surface area contributed by atoms with Gasteiger partial charge in [-0.05, 0) is 49.6 Å². The van der Waals surface area contributed by atoms with Crippen LogP contribution in [0.3, 0.4) is 0 Å². The van der Waals surface area contributed by atoms with Crippen molar-refractivity contribution in [1.82, 2.24) is 20.1 Å². The van der Waals surface area contributed by atoms with Gasteiger partial charge >= 0.3 is 6.09 Å². The van der Waals surface area contributed by atoms with Crippen LogP contribution in [0.4, 0.5) is 4.79 Å². The first-order valence-corrected chi connectivity index (χ1v) is 10.6. The fourth-order valence-electron chi connectivity index (χ4n) is 3.93. The van der Waals surface area contributed by atoms with Crippen molar-refractivity contribution in [3.05, 3.63) is 53.4 Å². The molecule has 8 nitrogen and oxygen atoms in total. The summed E-state index contributed by atoms with van der Waals surface area (Å²) < 4.78 is 12.5. The molecule has 4 rings (SSSR count). The molecule has 2 amide bonds. The molecule has 2 aromatic heterocycles. The lowest BCUT2D eigenvalue weighted by Gasteiger charge is -2.20. The minimum absolute atomic E-state index is 0.00702. The van der Waals surface area contributed by atoms with Gasteiger partial charge in [0.1, 0.15) is 0 Å². The van der Waals surface area contributed by atoms with E-state index in [-0.39, 0.29) is 17.6 Å². The van der Waals surface area contributed by atoms with Gasteiger partial charge in [0.25, 0.3) is 5.91 Å². The molecule has 1 aromatic carbocycles. The molecule has 3 heterocycles. The fraction of sp³-hybridized carbons (Fsp3) is 0.333. The molecule has 166 valence electrons. The Morgan fingerprint density at radius 3 is 2.66 bits per heavy atom. The van der Waals surface area contributed by atoms with Gasteiger partial charge in [-0.15, -0.1) is 0 Å². The lowest BCUT2D eigenvalue weighted by molar-refractivity contribution is -0.116. The molecule has 0 spiro atoms. The van der Waals surface area contributed by atoms with Crippen LogP contribution in [0.2, 0.25) is 0 Å². The van der Waals surface area contributed by atoms with Gasteiger partial charge in [-0.1, -0.05) is 19.9 Å². The molecule has 32 heavy (non-hydrogen) atoms. The number of rotatable bonds is 6. The summed E-state index contributed by atoms with van der Waals surface area (Å²) in [6.07, 6.45) is 2.94. The maximum Gasteiger partial charge on any atom is 0.419 e. The van der Waals surface area contributed by atoms with Gasteiger partial charge in [0.15, 0.2) is 5.76 Å². The largest absolute Gasteiger partial charge is 0.481 e. The molecule has 0 radical (unpaired) electrons. The number of nitrogens with zero attached hydrogens (tertiary/aromatic N) is 3. The Labute approximate surface area is 186 Å². The van der Waals surface area contributed by atoms with Crippen molar-refractivity contribution in [2.75, 3.05) is 7.11 Å². The summed E-state index contributed by atoms with van der Waals surface area (Å²) in [7, 11) is 1.57. The van der Waals surface area contributed by atoms with Gasteiger partial charge < -0.3 is 9.47 Å². The van der Waals surface area contributed by atoms with Crippen LogP contribution in [-0.4, -0.2) is 33.9 Å². The smallest absolute Gasteiger partial charge is 0.419 e. The highest BCUT2D eigenvalue weighted by Gasteiger charge is 2.29. The van der Waals surface area contributed by atoms with Crippen LogP contribution < -0.4 is 10.1 Å². The summed E-state index contributed by atoms with van der Waals surface area (Å²) >= 11 is 0. The molecule has 1 unspecified atom stereocenters. The highest BCUT2D eigenvalue weighted by atomic mass is 16.6. The first kappa shape index (κ1) is 21.5. The number of methoxy groups -OCH3 is 1. The average Bonchev–Trinajstić information content (AvgIpc) is 3.33. The minimum atomic E-state index is -0.763. The molecular weight excluding hydrogens is 408 g/mol. The number of imide groups is 1. The van der Waals surface area contributed by atoms with Gasteiger partial charge in [0.05, 0.1) is 18.3 Å². The first-order valence-electron chi connectivity index (χ1n) is 10.6. The molecular formula is C24H26N4O4. The zero-order valence-corrected chi connectivity index (χ0v) is 18.8. The Balaban J connectivity index is 1.75. The van der Waals surface area contributed by atoms with Gasteiger partial charge in [0, 0.05) is 35.2 Å². The third-order valence-electron chi connectivity index (χ3n) is 5.63. The summed E-state index contributed by atoms with van der Waals surface area (Å²) in [6, 6.07) is 8.00. The lowest BCUT2D eigenvalue weighted by Crippen LogP contribution is -2.19. The molecule has 3 aromatic rings. The molecule has 8 heteroatoms. The van der Waals surface area contributed by atoms with Crippen LogP contribution in [-0.2, 0) is 16.1 Å². The monoisotopic (exact) mass is 434 g/mol. The molecule has 1 atom stereocenters. The Kier molecular flexibility index (Phi) is 5.69. The second kappa shape index (κ2) is 8.45. The van der Waals surface area contributed by atoms with Crippen molar-refractivity contribution >= 4 is 22.9 Å². The number of aryl methyl sites for hydroxylation is 2. The van der Waals surface area contributed by atoms with E-state index in [1.165, 1.54) is 0 Å². The predicted octanol–water partition coefficient (Wildman–Crippen LogP) is 4.33. The van der Waals surface area contributed by atoms with Crippen LogP contribution in [0.25, 0.3) is 22.2 Å². The summed E-state index contributed by atoms with van der Waals surface area (Å²) in [4.78, 5) is 28.1. The van der Waals surface area contributed by atoms with Gasteiger partial charge in [0.2, 0.25) is 5.88 Å². The van der Waals surface area contributed by atoms with E-state index in [2.05, 4.69) is 36.5 Å². The number of fused-ring (bicyclic) bond motifs is 1. The normalized spacial score (nSPS) is 16.0. The fourth-order valence-corrected chi connectivity index (χ4v) is 3.93. The third kappa shape index (κ3) is 3.95. The number of pyridine rings is 1. The number of amides is 2. The topological polar surface area (TPSA) is 95.3 Å². The summed E-state index contributed by atoms with van der Waals surface area (Å²) in [5.41, 5.74) is 4.57. The van der Waals surface area contributed by atoms with Crippen molar-refractivity contribution in [1.29, 1.82) is 0 Å². The van der Waals surface area contributed by atoms with E-state index in [9.17, 15) is 9.59 Å². The number of nitrogens with one attached hydrogen (secondary N) is 1. The maximum atomic E-state index is 12.0. The molecule has 0 saturated carbocycles. The van der Waals surface area contributed by atoms with E-state index in [4.69, 9.17) is 14.5 Å². The van der Waals surface area contributed by atoms with Crippen molar-refractivity contribution in [3.63, 3.8) is 0 Å². The highest BCUT2D eigenvalue weighted by Crippen LogP contribution is 2.36. The Morgan fingerprint density at radius 1 is 1.25 bits per heavy atom. The van der Waals surface area contributed by atoms with Gasteiger partial charge in [-0.3, -0.25) is 14.8 Å². The molecule has 1 fully saturated rings. The third-order valence-corrected chi connectivity index (χ3v) is 5.63. The Morgan fingerprint density at radius 2 is 2.03 bits per heavy atom. The van der Waals surface area contributed by atoms with Gasteiger partial charge in [-0.25, -0.2) is 9.78 Å². The van der Waals surface area contributed by atoms with Crippen LogP contribution in [0.15, 0.2) is 42.3 Å². The predicted molar refractivity (Wildman–Crippen MR) is 120 cm³/mol. The van der Waals surface area contributed by atoms with Crippen LogP contribution in [0.5, 0.6) is 5.88 Å². The number of cyclic esters (lactones) is 1. The van der Waals surface area contributed by atoms with Gasteiger partial charge in [-0.2, -0.15) is 5.10 Å². The molecule has 0 aliphatic carbocycles. The SMILES string of the molecule is CCn1cc2c(C)cc(-c3ccc(C(C=C4OC(=O)NC4=O)C(C)C)c(OC)n3)cc2n1. The van der Waals surface area contributed by atoms with E-state index in [0.717, 1.165) is 39.8 Å². The zero-order chi connectivity index (χ0) is 23.0. The quantitative estimate of drug-likeness (QED) is 0.581. The second-order valence-corrected chi connectivity index (χ2v) is 8.15. The van der Waals surface area contributed by atoms with E-state index in [0.29, 0.717) is 5.88 Å². The van der Waals surface area contributed by atoms with E-state index >= 15 is 0 Å². The molecule has 1 aliphatic heterocycles. The lowest BCUT2D eigenvalue weighted by atomic mass is 9.88. The first-order chi connectivity index (χ1) is 15.3. The van der Waals surface area contributed by atoms with Crippen LogP contribution in [0.1, 0.15) is 37.8 Å². The number of carbonyl (C=O) groups excluding carboxylic acids is 2. The van der Waals surface area contributed by atoms with Crippen molar-refractivity contribution < 1.29 is 19.1 Å². The Hall–Kier alpha value is -3.68. The zero-order valence-electron chi connectivity index (χ0n) is 18.8. The number of benzene rings is 1. The van der Waals surface area contributed by atoms with Crippen LogP contribution >= 0.6 is 0 Å². The summed E-state index contributed by atoms with van der Waals surface area (Å²) in [5.74, 6) is -0.220.